The lowest BCUT2D eigenvalue weighted by molar-refractivity contribution is 0.128. The van der Waals surface area contributed by atoms with Gasteiger partial charge in [0.1, 0.15) is 0 Å². The van der Waals surface area contributed by atoms with Crippen molar-refractivity contribution in [2.75, 3.05) is 0 Å². The zero-order valence-corrected chi connectivity index (χ0v) is 6.22. The fourth-order valence-corrected chi connectivity index (χ4v) is 1.43. The largest absolute Gasteiger partial charge is 0.392 e. The van der Waals surface area contributed by atoms with E-state index < -0.39 is 0 Å². The zero-order valence-electron chi connectivity index (χ0n) is 5.33. The van der Waals surface area contributed by atoms with E-state index in [9.17, 15) is 5.11 Å². The molecule has 0 aromatic carbocycles. The van der Waals surface area contributed by atoms with Gasteiger partial charge in [-0.3, -0.25) is 0 Å². The Morgan fingerprint density at radius 1 is 1.44 bits per heavy atom. The molecule has 1 fully saturated rings. The Hall–Kier alpha value is 0.270. The molecule has 1 saturated carbocycles. The molecule has 0 amide bonds. The summed E-state index contributed by atoms with van der Waals surface area (Å²) in [5.74, 6) is 0. The highest BCUT2D eigenvalue weighted by Crippen LogP contribution is 2.21. The molecule has 2 nitrogen and oxygen atoms in total. The van der Waals surface area contributed by atoms with Gasteiger partial charge in [0.05, 0.1) is 6.10 Å². The van der Waals surface area contributed by atoms with Crippen LogP contribution in [0.5, 0.6) is 0 Å². The molecule has 0 unspecified atom stereocenters. The number of nitrogens with two attached hydrogens (primary N) is 1. The Morgan fingerprint density at radius 2 is 2.11 bits per heavy atom. The summed E-state index contributed by atoms with van der Waals surface area (Å²) >= 11 is 4.19. The zero-order chi connectivity index (χ0) is 6.85. The van der Waals surface area contributed by atoms with Crippen LogP contribution in [-0.4, -0.2) is 22.5 Å². The summed E-state index contributed by atoms with van der Waals surface area (Å²) in [5, 5.41) is 9.35. The van der Waals surface area contributed by atoms with Crippen molar-refractivity contribution >= 4 is 12.6 Å². The predicted octanol–water partition coefficient (Wildman–Crippen LogP) is 0.157. The van der Waals surface area contributed by atoms with E-state index in [4.69, 9.17) is 5.73 Å². The third kappa shape index (κ3) is 1.85. The van der Waals surface area contributed by atoms with Crippen molar-refractivity contribution in [3.05, 3.63) is 0 Å². The van der Waals surface area contributed by atoms with Crippen LogP contribution in [0.2, 0.25) is 0 Å². The number of aliphatic hydroxyl groups is 1. The van der Waals surface area contributed by atoms with Crippen molar-refractivity contribution in [3.8, 4) is 0 Å². The number of thiol groups is 1. The summed E-state index contributed by atoms with van der Waals surface area (Å²) in [7, 11) is 0. The number of hydrogen-bond donors (Lipinski definition) is 3. The van der Waals surface area contributed by atoms with E-state index in [1.165, 1.54) is 0 Å². The molecule has 0 radical (unpaired) electrons. The van der Waals surface area contributed by atoms with Gasteiger partial charge in [0, 0.05) is 11.3 Å². The van der Waals surface area contributed by atoms with Crippen molar-refractivity contribution < 1.29 is 5.11 Å². The minimum atomic E-state index is -0.280. The van der Waals surface area contributed by atoms with E-state index in [1.807, 2.05) is 0 Å². The highest BCUT2D eigenvalue weighted by molar-refractivity contribution is 7.81. The molecule has 3 N–H and O–H groups in total. The maximum Gasteiger partial charge on any atom is 0.0671 e. The van der Waals surface area contributed by atoms with Crippen LogP contribution in [0.15, 0.2) is 0 Å². The minimum Gasteiger partial charge on any atom is -0.392 e. The van der Waals surface area contributed by atoms with Crippen LogP contribution < -0.4 is 5.73 Å². The van der Waals surface area contributed by atoms with E-state index in [1.54, 1.807) is 0 Å². The molecular weight excluding hydrogens is 134 g/mol. The monoisotopic (exact) mass is 147 g/mol. The van der Waals surface area contributed by atoms with E-state index in [0.29, 0.717) is 6.42 Å². The predicted molar refractivity (Wildman–Crippen MR) is 40.6 cm³/mol. The third-order valence-electron chi connectivity index (χ3n) is 1.82. The van der Waals surface area contributed by atoms with Crippen LogP contribution >= 0.6 is 12.6 Å². The highest BCUT2D eigenvalue weighted by Gasteiger charge is 2.23. The molecule has 0 aromatic rings. The lowest BCUT2D eigenvalue weighted by Gasteiger charge is -2.27. The molecule has 0 heterocycles. The first-order valence-corrected chi connectivity index (χ1v) is 3.83. The van der Waals surface area contributed by atoms with Crippen molar-refractivity contribution in [1.82, 2.24) is 0 Å². The van der Waals surface area contributed by atoms with Crippen LogP contribution in [0.1, 0.15) is 19.3 Å². The molecule has 9 heavy (non-hydrogen) atoms. The van der Waals surface area contributed by atoms with Gasteiger partial charge in [-0.25, -0.2) is 0 Å². The molecule has 0 saturated heterocycles. The van der Waals surface area contributed by atoms with Crippen LogP contribution in [0.4, 0.5) is 0 Å². The van der Waals surface area contributed by atoms with Crippen molar-refractivity contribution in [3.63, 3.8) is 0 Å². The SMILES string of the molecule is N[C@@H]1CC[C@@H](S)[C@H](O)C1. The summed E-state index contributed by atoms with van der Waals surface area (Å²) in [6, 6.07) is 0.198. The molecule has 0 bridgehead atoms. The van der Waals surface area contributed by atoms with Gasteiger partial charge in [0.2, 0.25) is 0 Å². The van der Waals surface area contributed by atoms with E-state index in [-0.39, 0.29) is 17.4 Å². The molecular formula is C6H13NOS. The normalized spacial score (nSPS) is 45.0. The average Bonchev–Trinajstić information content (AvgIpc) is 1.80. The van der Waals surface area contributed by atoms with Gasteiger partial charge in [-0.15, -0.1) is 0 Å². The Bertz CT molecular complexity index is 99.1. The Labute approximate surface area is 60.8 Å². The second-order valence-corrected chi connectivity index (χ2v) is 3.37. The fraction of sp³-hybridized carbons (Fsp3) is 1.00. The molecule has 0 aliphatic heterocycles. The lowest BCUT2D eigenvalue weighted by atomic mass is 9.93. The second kappa shape index (κ2) is 2.90. The standard InChI is InChI=1S/C6H13NOS/c7-4-1-2-6(9)5(8)3-4/h4-6,8-9H,1-3,7H2/t4-,5-,6-/m1/s1. The summed E-state index contributed by atoms with van der Waals surface area (Å²) in [4.78, 5) is 0. The molecule has 3 atom stereocenters. The smallest absolute Gasteiger partial charge is 0.0671 e. The van der Waals surface area contributed by atoms with Crippen LogP contribution in [0.3, 0.4) is 0 Å². The molecule has 1 aliphatic carbocycles. The van der Waals surface area contributed by atoms with Gasteiger partial charge in [-0.1, -0.05) is 0 Å². The van der Waals surface area contributed by atoms with Crippen LogP contribution in [0, 0.1) is 0 Å². The topological polar surface area (TPSA) is 46.2 Å². The quantitative estimate of drug-likeness (QED) is 0.427. The summed E-state index contributed by atoms with van der Waals surface area (Å²) in [6.45, 7) is 0. The van der Waals surface area contributed by atoms with E-state index >= 15 is 0 Å². The molecule has 0 spiro atoms. The van der Waals surface area contributed by atoms with Crippen LogP contribution in [0.25, 0.3) is 0 Å². The molecule has 1 rings (SSSR count). The van der Waals surface area contributed by atoms with Gasteiger partial charge in [-0.2, -0.15) is 12.6 Å². The van der Waals surface area contributed by atoms with E-state index in [0.717, 1.165) is 12.8 Å². The molecule has 54 valence electrons. The Kier molecular flexibility index (Phi) is 2.38. The summed E-state index contributed by atoms with van der Waals surface area (Å²) < 4.78 is 0. The third-order valence-corrected chi connectivity index (χ3v) is 2.42. The number of rotatable bonds is 0. The van der Waals surface area contributed by atoms with Gasteiger partial charge in [0.15, 0.2) is 0 Å². The van der Waals surface area contributed by atoms with Crippen molar-refractivity contribution in [1.29, 1.82) is 0 Å². The number of aliphatic hydroxyl groups excluding tert-OH is 1. The highest BCUT2D eigenvalue weighted by atomic mass is 32.1. The molecule has 0 aromatic heterocycles. The summed E-state index contributed by atoms with van der Waals surface area (Å²) in [5.41, 5.74) is 5.59. The minimum absolute atomic E-state index is 0.157. The van der Waals surface area contributed by atoms with Crippen molar-refractivity contribution in [2.24, 2.45) is 5.73 Å². The molecule has 3 heteroatoms. The molecule has 1 aliphatic rings. The first-order valence-electron chi connectivity index (χ1n) is 3.32. The maximum atomic E-state index is 9.19. The lowest BCUT2D eigenvalue weighted by Crippen LogP contribution is -2.37. The average molecular weight is 147 g/mol. The Balaban J connectivity index is 2.35. The van der Waals surface area contributed by atoms with E-state index in [2.05, 4.69) is 12.6 Å². The summed E-state index contributed by atoms with van der Waals surface area (Å²) in [6.07, 6.45) is 2.39. The van der Waals surface area contributed by atoms with Gasteiger partial charge >= 0.3 is 0 Å². The van der Waals surface area contributed by atoms with Gasteiger partial charge in [0.25, 0.3) is 0 Å². The Morgan fingerprint density at radius 3 is 2.56 bits per heavy atom. The van der Waals surface area contributed by atoms with Gasteiger partial charge in [-0.05, 0) is 19.3 Å². The first-order chi connectivity index (χ1) is 4.20. The van der Waals surface area contributed by atoms with Gasteiger partial charge < -0.3 is 10.8 Å². The second-order valence-electron chi connectivity index (χ2n) is 2.71. The van der Waals surface area contributed by atoms with Crippen LogP contribution in [-0.2, 0) is 0 Å². The first kappa shape index (κ1) is 7.38. The maximum absolute atomic E-state index is 9.19. The number of hydrogen-bond acceptors (Lipinski definition) is 3. The van der Waals surface area contributed by atoms with Crippen molar-refractivity contribution in [2.45, 2.75) is 36.7 Å². The fourth-order valence-electron chi connectivity index (χ4n) is 1.16.